The molecule has 92 valence electrons. The van der Waals surface area contributed by atoms with Crippen molar-refractivity contribution in [1.29, 1.82) is 0 Å². The van der Waals surface area contributed by atoms with Crippen LogP contribution in [0.5, 0.6) is 0 Å². The fraction of sp³-hybridized carbons (Fsp3) is 0.188. The number of benzene rings is 1. The smallest absolute Gasteiger partial charge is 0.166 e. The van der Waals surface area contributed by atoms with Gasteiger partial charge in [0.15, 0.2) is 6.29 Å². The van der Waals surface area contributed by atoms with Crippen molar-refractivity contribution in [2.75, 3.05) is 0 Å². The van der Waals surface area contributed by atoms with Gasteiger partial charge >= 0.3 is 0 Å². The van der Waals surface area contributed by atoms with Gasteiger partial charge in [0.1, 0.15) is 0 Å². The minimum atomic E-state index is 0.394. The number of carbonyl (C=O) groups excluding carboxylic acids is 1. The Labute approximate surface area is 107 Å². The highest BCUT2D eigenvalue weighted by atomic mass is 16.1. The van der Waals surface area contributed by atoms with E-state index in [9.17, 15) is 4.79 Å². The number of hydrogen-bond acceptors (Lipinski definition) is 1. The number of hydrogen-bond donors (Lipinski definition) is 1. The lowest BCUT2D eigenvalue weighted by molar-refractivity contribution is 0.111. The molecule has 2 aromatic rings. The van der Waals surface area contributed by atoms with Crippen molar-refractivity contribution in [2.24, 2.45) is 0 Å². The Morgan fingerprint density at radius 1 is 1.11 bits per heavy atom. The summed E-state index contributed by atoms with van der Waals surface area (Å²) in [6, 6.07) is 12.0. The summed E-state index contributed by atoms with van der Waals surface area (Å²) in [6.45, 7) is 4.25. The van der Waals surface area contributed by atoms with Gasteiger partial charge in [0, 0.05) is 5.69 Å². The van der Waals surface area contributed by atoms with Crippen LogP contribution in [0.4, 0.5) is 0 Å². The first-order valence-electron chi connectivity index (χ1n) is 6.12. The number of nitrogens with one attached hydrogen (secondary N) is 1. The molecule has 1 heterocycles. The Morgan fingerprint density at radius 3 is 2.44 bits per heavy atom. The van der Waals surface area contributed by atoms with Crippen molar-refractivity contribution in [2.45, 2.75) is 19.8 Å². The van der Waals surface area contributed by atoms with Gasteiger partial charge in [-0.25, -0.2) is 0 Å². The molecule has 0 spiro atoms. The van der Waals surface area contributed by atoms with E-state index in [1.165, 1.54) is 5.56 Å². The zero-order chi connectivity index (χ0) is 13.0. The average Bonchev–Trinajstić information content (AvgIpc) is 2.81. The number of H-pyrrole nitrogens is 1. The summed E-state index contributed by atoms with van der Waals surface area (Å²) in [4.78, 5) is 13.9. The van der Waals surface area contributed by atoms with Crippen LogP contribution in [0.2, 0.25) is 0 Å². The van der Waals surface area contributed by atoms with Crippen LogP contribution in [0.15, 0.2) is 36.4 Å². The van der Waals surface area contributed by atoms with E-state index in [0.717, 1.165) is 17.5 Å². The van der Waals surface area contributed by atoms with Crippen LogP contribution in [0, 0.1) is 0 Å². The summed E-state index contributed by atoms with van der Waals surface area (Å²) >= 11 is 0. The van der Waals surface area contributed by atoms with E-state index in [4.69, 9.17) is 0 Å². The van der Waals surface area contributed by atoms with Crippen LogP contribution in [0.1, 0.15) is 47.1 Å². The molecule has 1 aromatic heterocycles. The van der Waals surface area contributed by atoms with Crippen molar-refractivity contribution in [3.05, 3.63) is 58.9 Å². The molecule has 0 fully saturated rings. The van der Waals surface area contributed by atoms with Crippen molar-refractivity contribution in [3.8, 4) is 0 Å². The van der Waals surface area contributed by atoms with Gasteiger partial charge in [-0.05, 0) is 29.2 Å². The third kappa shape index (κ3) is 2.77. The van der Waals surface area contributed by atoms with Crippen LogP contribution in [0.3, 0.4) is 0 Å². The topological polar surface area (TPSA) is 32.9 Å². The number of carbonyl (C=O) groups is 1. The standard InChI is InChI=1S/C16H17NO/c1-12(2)15-10-14(11-18)17-16(15)9-8-13-6-4-3-5-7-13/h3-12,17H,1-2H3/b9-8+. The molecule has 2 nitrogen and oxygen atoms in total. The lowest BCUT2D eigenvalue weighted by Crippen LogP contribution is -1.87. The van der Waals surface area contributed by atoms with Gasteiger partial charge in [-0.3, -0.25) is 4.79 Å². The molecule has 1 aromatic carbocycles. The highest BCUT2D eigenvalue weighted by Crippen LogP contribution is 2.22. The van der Waals surface area contributed by atoms with Crippen molar-refractivity contribution in [3.63, 3.8) is 0 Å². The maximum atomic E-state index is 10.8. The second kappa shape index (κ2) is 5.50. The van der Waals surface area contributed by atoms with E-state index >= 15 is 0 Å². The highest BCUT2D eigenvalue weighted by Gasteiger charge is 2.08. The molecule has 2 heteroatoms. The van der Waals surface area contributed by atoms with E-state index in [2.05, 4.69) is 31.0 Å². The Balaban J connectivity index is 2.31. The first-order chi connectivity index (χ1) is 8.70. The molecule has 0 radical (unpaired) electrons. The molecule has 0 saturated carbocycles. The molecule has 0 amide bonds. The molecular formula is C16H17NO. The molecule has 18 heavy (non-hydrogen) atoms. The lowest BCUT2D eigenvalue weighted by atomic mass is 10.0. The first kappa shape index (κ1) is 12.4. The number of aromatic amines is 1. The molecule has 0 aliphatic rings. The zero-order valence-electron chi connectivity index (χ0n) is 10.7. The summed E-state index contributed by atoms with van der Waals surface area (Å²) < 4.78 is 0. The third-order valence-corrected chi connectivity index (χ3v) is 2.89. The van der Waals surface area contributed by atoms with E-state index in [0.29, 0.717) is 11.6 Å². The van der Waals surface area contributed by atoms with Gasteiger partial charge in [-0.15, -0.1) is 0 Å². The molecule has 2 rings (SSSR count). The molecule has 1 N–H and O–H groups in total. The normalized spacial score (nSPS) is 11.3. The minimum absolute atomic E-state index is 0.394. The molecule has 0 aliphatic carbocycles. The monoisotopic (exact) mass is 239 g/mol. The predicted octanol–water partition coefficient (Wildman–Crippen LogP) is 4.12. The summed E-state index contributed by atoms with van der Waals surface area (Å²) in [5.74, 6) is 0.394. The summed E-state index contributed by atoms with van der Waals surface area (Å²) in [7, 11) is 0. The van der Waals surface area contributed by atoms with Gasteiger partial charge in [0.25, 0.3) is 0 Å². The van der Waals surface area contributed by atoms with Gasteiger partial charge in [-0.1, -0.05) is 50.3 Å². The zero-order valence-corrected chi connectivity index (χ0v) is 10.7. The van der Waals surface area contributed by atoms with Gasteiger partial charge in [0.2, 0.25) is 0 Å². The van der Waals surface area contributed by atoms with Crippen molar-refractivity contribution >= 4 is 18.4 Å². The van der Waals surface area contributed by atoms with Gasteiger partial charge < -0.3 is 4.98 Å². The number of rotatable bonds is 4. The maximum absolute atomic E-state index is 10.8. The Hall–Kier alpha value is -2.09. The molecule has 0 unspecified atom stereocenters. The second-order valence-corrected chi connectivity index (χ2v) is 4.61. The molecular weight excluding hydrogens is 222 g/mol. The van der Waals surface area contributed by atoms with Crippen LogP contribution < -0.4 is 0 Å². The number of aldehydes is 1. The summed E-state index contributed by atoms with van der Waals surface area (Å²) in [6.07, 6.45) is 4.93. The van der Waals surface area contributed by atoms with Crippen LogP contribution in [-0.4, -0.2) is 11.3 Å². The van der Waals surface area contributed by atoms with E-state index in [-0.39, 0.29) is 0 Å². The largest absolute Gasteiger partial charge is 0.353 e. The Morgan fingerprint density at radius 2 is 1.83 bits per heavy atom. The van der Waals surface area contributed by atoms with Crippen molar-refractivity contribution in [1.82, 2.24) is 4.98 Å². The van der Waals surface area contributed by atoms with Crippen molar-refractivity contribution < 1.29 is 4.79 Å². The van der Waals surface area contributed by atoms with E-state index in [1.807, 2.05) is 36.4 Å². The third-order valence-electron chi connectivity index (χ3n) is 2.89. The molecule has 0 bridgehead atoms. The second-order valence-electron chi connectivity index (χ2n) is 4.61. The van der Waals surface area contributed by atoms with Gasteiger partial charge in [-0.2, -0.15) is 0 Å². The van der Waals surface area contributed by atoms with E-state index < -0.39 is 0 Å². The Bertz CT molecular complexity index is 550. The Kier molecular flexibility index (Phi) is 3.78. The van der Waals surface area contributed by atoms with Crippen LogP contribution in [-0.2, 0) is 0 Å². The molecule has 0 aliphatic heterocycles. The summed E-state index contributed by atoms with van der Waals surface area (Å²) in [5, 5.41) is 0. The van der Waals surface area contributed by atoms with E-state index in [1.54, 1.807) is 0 Å². The van der Waals surface area contributed by atoms with Crippen LogP contribution >= 0.6 is 0 Å². The molecule has 0 saturated heterocycles. The molecule has 0 atom stereocenters. The van der Waals surface area contributed by atoms with Gasteiger partial charge in [0.05, 0.1) is 5.69 Å². The first-order valence-corrected chi connectivity index (χ1v) is 6.12. The fourth-order valence-electron chi connectivity index (χ4n) is 1.93. The number of aromatic nitrogens is 1. The maximum Gasteiger partial charge on any atom is 0.166 e. The average molecular weight is 239 g/mol. The highest BCUT2D eigenvalue weighted by molar-refractivity contribution is 5.77. The minimum Gasteiger partial charge on any atom is -0.353 e. The predicted molar refractivity (Wildman–Crippen MR) is 75.6 cm³/mol. The van der Waals surface area contributed by atoms with Crippen LogP contribution in [0.25, 0.3) is 12.2 Å². The lowest BCUT2D eigenvalue weighted by Gasteiger charge is -2.02. The quantitative estimate of drug-likeness (QED) is 0.800. The SMILES string of the molecule is CC(C)c1cc(C=O)[nH]c1/C=C/c1ccccc1. The fourth-order valence-corrected chi connectivity index (χ4v) is 1.93. The summed E-state index contributed by atoms with van der Waals surface area (Å²) in [5.41, 5.74) is 3.96.